The molecule has 0 saturated heterocycles. The second kappa shape index (κ2) is 5.56. The number of aromatic nitrogens is 2. The van der Waals surface area contributed by atoms with E-state index in [2.05, 4.69) is 15.7 Å². The predicted octanol–water partition coefficient (Wildman–Crippen LogP) is 2.28. The van der Waals surface area contributed by atoms with Crippen LogP contribution in [0.1, 0.15) is 23.0 Å². The van der Waals surface area contributed by atoms with Gasteiger partial charge in [0.15, 0.2) is 0 Å². The fourth-order valence-electron chi connectivity index (χ4n) is 1.88. The second-order valence-electron chi connectivity index (χ2n) is 4.30. The first-order valence-electron chi connectivity index (χ1n) is 6.25. The number of carbonyl (C=O) groups is 1. The Hall–Kier alpha value is -2.30. The Balaban J connectivity index is 2.15. The molecule has 2 aromatic rings. The monoisotopic (exact) mass is 258 g/mol. The van der Waals surface area contributed by atoms with Crippen molar-refractivity contribution in [2.45, 2.75) is 13.3 Å². The van der Waals surface area contributed by atoms with Gasteiger partial charge in [-0.3, -0.25) is 9.48 Å². The summed E-state index contributed by atoms with van der Waals surface area (Å²) in [4.78, 5) is 12.1. The highest BCUT2D eigenvalue weighted by Gasteiger charge is 2.11. The average molecular weight is 258 g/mol. The molecule has 1 amide bonds. The van der Waals surface area contributed by atoms with E-state index in [1.807, 2.05) is 39.3 Å². The number of nitrogens with zero attached hydrogens (tertiary/aromatic N) is 2. The molecule has 0 spiro atoms. The van der Waals surface area contributed by atoms with E-state index in [1.54, 1.807) is 16.8 Å². The van der Waals surface area contributed by atoms with Gasteiger partial charge >= 0.3 is 0 Å². The van der Waals surface area contributed by atoms with Gasteiger partial charge in [-0.15, -0.1) is 0 Å². The van der Waals surface area contributed by atoms with Crippen LogP contribution in [0.4, 0.5) is 11.4 Å². The number of hydrogen-bond acceptors (Lipinski definition) is 3. The van der Waals surface area contributed by atoms with E-state index < -0.39 is 0 Å². The third kappa shape index (κ3) is 2.93. The number of rotatable bonds is 4. The van der Waals surface area contributed by atoms with Crippen LogP contribution < -0.4 is 10.6 Å². The minimum absolute atomic E-state index is 0.120. The molecule has 5 nitrogen and oxygen atoms in total. The van der Waals surface area contributed by atoms with Crippen LogP contribution in [0.15, 0.2) is 30.5 Å². The highest BCUT2D eigenvalue weighted by molar-refractivity contribution is 6.04. The minimum Gasteiger partial charge on any atom is -0.388 e. The molecule has 0 saturated carbocycles. The maximum atomic E-state index is 12.1. The lowest BCUT2D eigenvalue weighted by Crippen LogP contribution is -2.12. The van der Waals surface area contributed by atoms with Crippen LogP contribution >= 0.6 is 0 Å². The van der Waals surface area contributed by atoms with Crippen molar-refractivity contribution in [3.63, 3.8) is 0 Å². The van der Waals surface area contributed by atoms with E-state index in [0.29, 0.717) is 5.56 Å². The van der Waals surface area contributed by atoms with Gasteiger partial charge in [0.05, 0.1) is 11.4 Å². The quantitative estimate of drug-likeness (QED) is 0.884. The second-order valence-corrected chi connectivity index (χ2v) is 4.30. The van der Waals surface area contributed by atoms with Crippen LogP contribution in [0, 0.1) is 0 Å². The van der Waals surface area contributed by atoms with Gasteiger partial charge in [-0.2, -0.15) is 5.10 Å². The van der Waals surface area contributed by atoms with Crippen molar-refractivity contribution in [1.29, 1.82) is 0 Å². The number of aryl methyl sites for hydroxylation is 2. The van der Waals surface area contributed by atoms with Gasteiger partial charge in [-0.05, 0) is 30.7 Å². The van der Waals surface area contributed by atoms with Crippen molar-refractivity contribution in [2.75, 3.05) is 17.7 Å². The predicted molar refractivity (Wildman–Crippen MR) is 76.5 cm³/mol. The van der Waals surface area contributed by atoms with E-state index in [-0.39, 0.29) is 5.91 Å². The number of benzene rings is 1. The molecule has 0 unspecified atom stereocenters. The molecule has 1 aromatic heterocycles. The molecular weight excluding hydrogens is 240 g/mol. The van der Waals surface area contributed by atoms with Gasteiger partial charge in [-0.1, -0.05) is 6.92 Å². The van der Waals surface area contributed by atoms with Gasteiger partial charge in [0.1, 0.15) is 0 Å². The van der Waals surface area contributed by atoms with Crippen LogP contribution in [-0.2, 0) is 13.5 Å². The van der Waals surface area contributed by atoms with Crippen molar-refractivity contribution in [3.05, 3.63) is 41.7 Å². The number of hydrogen-bond donors (Lipinski definition) is 2. The van der Waals surface area contributed by atoms with Crippen molar-refractivity contribution >= 4 is 17.3 Å². The Morgan fingerprint density at radius 3 is 2.58 bits per heavy atom. The lowest BCUT2D eigenvalue weighted by molar-refractivity contribution is 0.102. The third-order valence-electron chi connectivity index (χ3n) is 2.92. The molecule has 0 aliphatic heterocycles. The third-order valence-corrected chi connectivity index (χ3v) is 2.92. The zero-order valence-corrected chi connectivity index (χ0v) is 11.4. The van der Waals surface area contributed by atoms with Crippen LogP contribution in [0.25, 0.3) is 0 Å². The van der Waals surface area contributed by atoms with Crippen molar-refractivity contribution < 1.29 is 4.79 Å². The molecule has 19 heavy (non-hydrogen) atoms. The number of nitrogens with one attached hydrogen (secondary N) is 2. The van der Waals surface area contributed by atoms with Gasteiger partial charge < -0.3 is 10.6 Å². The van der Waals surface area contributed by atoms with Crippen molar-refractivity contribution in [1.82, 2.24) is 9.78 Å². The van der Waals surface area contributed by atoms with Gasteiger partial charge in [0.2, 0.25) is 0 Å². The molecule has 0 bridgehead atoms. The molecule has 1 heterocycles. The molecule has 0 radical (unpaired) electrons. The molecule has 0 aliphatic carbocycles. The summed E-state index contributed by atoms with van der Waals surface area (Å²) in [6, 6.07) is 7.34. The summed E-state index contributed by atoms with van der Waals surface area (Å²) in [6.07, 6.45) is 2.61. The van der Waals surface area contributed by atoms with E-state index >= 15 is 0 Å². The van der Waals surface area contributed by atoms with Crippen molar-refractivity contribution in [2.24, 2.45) is 7.05 Å². The SMILES string of the molecule is CCc1nn(C)cc1NC(=O)c1ccc(NC)cc1. The van der Waals surface area contributed by atoms with Crippen molar-refractivity contribution in [3.8, 4) is 0 Å². The van der Waals surface area contributed by atoms with Gasteiger partial charge in [-0.25, -0.2) is 0 Å². The molecular formula is C14H18N4O. The molecule has 100 valence electrons. The maximum Gasteiger partial charge on any atom is 0.255 e. The zero-order chi connectivity index (χ0) is 13.8. The molecule has 0 aliphatic rings. The van der Waals surface area contributed by atoms with Crippen LogP contribution in [0.3, 0.4) is 0 Å². The zero-order valence-electron chi connectivity index (χ0n) is 11.4. The largest absolute Gasteiger partial charge is 0.388 e. The molecule has 1 aromatic carbocycles. The summed E-state index contributed by atoms with van der Waals surface area (Å²) in [5, 5.41) is 10.2. The molecule has 5 heteroatoms. The maximum absolute atomic E-state index is 12.1. The minimum atomic E-state index is -0.120. The molecule has 2 rings (SSSR count). The first kappa shape index (κ1) is 13.1. The summed E-state index contributed by atoms with van der Waals surface area (Å²) in [5.74, 6) is -0.120. The van der Waals surface area contributed by atoms with E-state index in [0.717, 1.165) is 23.5 Å². The average Bonchev–Trinajstić information content (AvgIpc) is 2.78. The number of amides is 1. The first-order chi connectivity index (χ1) is 9.13. The standard InChI is InChI=1S/C14H18N4O/c1-4-12-13(9-18(3)17-12)16-14(19)10-5-7-11(15-2)8-6-10/h5-9,15H,4H2,1-3H3,(H,16,19). The normalized spacial score (nSPS) is 10.3. The number of carbonyl (C=O) groups excluding carboxylic acids is 1. The highest BCUT2D eigenvalue weighted by Crippen LogP contribution is 2.16. The first-order valence-corrected chi connectivity index (χ1v) is 6.25. The summed E-state index contributed by atoms with van der Waals surface area (Å²) in [7, 11) is 3.69. The van der Waals surface area contributed by atoms with E-state index in [4.69, 9.17) is 0 Å². The molecule has 2 N–H and O–H groups in total. The topological polar surface area (TPSA) is 59.0 Å². The Morgan fingerprint density at radius 1 is 1.32 bits per heavy atom. The van der Waals surface area contributed by atoms with E-state index in [9.17, 15) is 4.79 Å². The van der Waals surface area contributed by atoms with Gasteiger partial charge in [0, 0.05) is 31.5 Å². The summed E-state index contributed by atoms with van der Waals surface area (Å²) in [6.45, 7) is 2.01. The fraction of sp³-hybridized carbons (Fsp3) is 0.286. The Morgan fingerprint density at radius 2 is 2.00 bits per heavy atom. The van der Waals surface area contributed by atoms with Crippen LogP contribution in [-0.4, -0.2) is 22.7 Å². The Labute approximate surface area is 112 Å². The number of anilines is 2. The van der Waals surface area contributed by atoms with E-state index in [1.165, 1.54) is 0 Å². The smallest absolute Gasteiger partial charge is 0.255 e. The lowest BCUT2D eigenvalue weighted by Gasteiger charge is -2.05. The Bertz CT molecular complexity index is 572. The summed E-state index contributed by atoms with van der Waals surface area (Å²) in [5.41, 5.74) is 3.27. The molecule has 0 fully saturated rings. The summed E-state index contributed by atoms with van der Waals surface area (Å²) < 4.78 is 1.71. The van der Waals surface area contributed by atoms with Crippen LogP contribution in [0.5, 0.6) is 0 Å². The molecule has 0 atom stereocenters. The lowest BCUT2D eigenvalue weighted by atomic mass is 10.2. The van der Waals surface area contributed by atoms with Crippen LogP contribution in [0.2, 0.25) is 0 Å². The fourth-order valence-corrected chi connectivity index (χ4v) is 1.88. The summed E-state index contributed by atoms with van der Waals surface area (Å²) >= 11 is 0. The van der Waals surface area contributed by atoms with Gasteiger partial charge in [0.25, 0.3) is 5.91 Å². The highest BCUT2D eigenvalue weighted by atomic mass is 16.1. The Kier molecular flexibility index (Phi) is 3.85.